The Balaban J connectivity index is 3.96. The zero-order chi connectivity index (χ0) is 46.0. The molecule has 0 aliphatic carbocycles. The molecule has 0 aliphatic rings. The summed E-state index contributed by atoms with van der Waals surface area (Å²) < 4.78 is 32.9. The number of phosphoric ester groups is 1. The molecule has 0 heterocycles. The van der Waals surface area contributed by atoms with Gasteiger partial charge in [-0.3, -0.25) is 18.6 Å². The molecule has 0 saturated carbocycles. The molecule has 0 aliphatic heterocycles. The lowest BCUT2D eigenvalue weighted by molar-refractivity contribution is -0.161. The number of hydrogen-bond acceptors (Lipinski definition) is 8. The summed E-state index contributed by atoms with van der Waals surface area (Å²) >= 11 is 0. The van der Waals surface area contributed by atoms with Crippen LogP contribution in [0.2, 0.25) is 0 Å². The molecule has 0 aromatic rings. The molecule has 0 aromatic carbocycles. The maximum absolute atomic E-state index is 12.6. The van der Waals surface area contributed by atoms with Crippen LogP contribution >= 0.6 is 7.82 Å². The van der Waals surface area contributed by atoms with Crippen LogP contribution in [0, 0.1) is 0 Å². The third-order valence-corrected chi connectivity index (χ3v) is 11.8. The largest absolute Gasteiger partial charge is 0.472 e. The zero-order valence-electron chi connectivity index (χ0n) is 40.6. The van der Waals surface area contributed by atoms with Gasteiger partial charge in [0, 0.05) is 19.4 Å². The van der Waals surface area contributed by atoms with E-state index in [1.54, 1.807) is 0 Å². The van der Waals surface area contributed by atoms with Gasteiger partial charge in [0.15, 0.2) is 6.10 Å². The van der Waals surface area contributed by atoms with Gasteiger partial charge in [0.25, 0.3) is 0 Å². The van der Waals surface area contributed by atoms with Crippen LogP contribution in [0.15, 0.2) is 60.8 Å². The van der Waals surface area contributed by atoms with E-state index in [9.17, 15) is 19.0 Å². The van der Waals surface area contributed by atoms with Gasteiger partial charge in [-0.25, -0.2) is 4.57 Å². The van der Waals surface area contributed by atoms with Crippen molar-refractivity contribution in [3.63, 3.8) is 0 Å². The van der Waals surface area contributed by atoms with Gasteiger partial charge in [-0.15, -0.1) is 0 Å². The molecule has 366 valence electrons. The van der Waals surface area contributed by atoms with Gasteiger partial charge in [-0.05, 0) is 77.0 Å². The minimum absolute atomic E-state index is 0.0497. The Hall–Kier alpha value is -2.29. The molecule has 9 nitrogen and oxygen atoms in total. The molecule has 0 bridgehead atoms. The molecule has 63 heavy (non-hydrogen) atoms. The summed E-state index contributed by atoms with van der Waals surface area (Å²) in [6, 6.07) is 0. The van der Waals surface area contributed by atoms with Crippen molar-refractivity contribution in [2.24, 2.45) is 5.73 Å². The first kappa shape index (κ1) is 60.7. The Morgan fingerprint density at radius 1 is 0.476 bits per heavy atom. The van der Waals surface area contributed by atoms with Gasteiger partial charge >= 0.3 is 19.8 Å². The van der Waals surface area contributed by atoms with Crippen molar-refractivity contribution in [2.45, 2.75) is 238 Å². The highest BCUT2D eigenvalue weighted by atomic mass is 31.2. The third-order valence-electron chi connectivity index (χ3n) is 10.9. The van der Waals surface area contributed by atoms with Gasteiger partial charge in [0.1, 0.15) is 6.61 Å². The fraction of sp³-hybridized carbons (Fsp3) is 0.774. The molecule has 0 aromatic heterocycles. The molecule has 10 heteroatoms. The Kier molecular flexibility index (Phi) is 47.4. The lowest BCUT2D eigenvalue weighted by Gasteiger charge is -2.19. The van der Waals surface area contributed by atoms with Crippen LogP contribution in [-0.2, 0) is 32.7 Å². The fourth-order valence-electron chi connectivity index (χ4n) is 7.03. The van der Waals surface area contributed by atoms with E-state index >= 15 is 0 Å². The number of hydrogen-bond donors (Lipinski definition) is 2. The van der Waals surface area contributed by atoms with E-state index in [1.165, 1.54) is 116 Å². The van der Waals surface area contributed by atoms with E-state index in [-0.39, 0.29) is 32.6 Å². The first-order valence-electron chi connectivity index (χ1n) is 25.8. The maximum atomic E-state index is 12.6. The summed E-state index contributed by atoms with van der Waals surface area (Å²) in [4.78, 5) is 35.0. The normalized spacial score (nSPS) is 13.7. The van der Waals surface area contributed by atoms with E-state index < -0.39 is 32.5 Å². The van der Waals surface area contributed by atoms with Crippen molar-refractivity contribution in [1.82, 2.24) is 0 Å². The first-order valence-corrected chi connectivity index (χ1v) is 27.3. The number of ether oxygens (including phenoxy) is 2. The molecule has 2 unspecified atom stereocenters. The Bertz CT molecular complexity index is 1220. The molecule has 0 fully saturated rings. The van der Waals surface area contributed by atoms with E-state index in [0.29, 0.717) is 12.8 Å². The lowest BCUT2D eigenvalue weighted by atomic mass is 10.0. The standard InChI is InChI=1S/C53H96NO8P/c1-3-5-7-9-11-13-15-17-18-19-20-21-22-23-24-25-26-27-28-29-30-31-32-34-36-38-40-42-44-46-53(56)62-51(50-61-63(57,58)60-48-47-54)49-59-52(55)45-43-41-39-37-35-33-16-14-12-10-8-6-4-2/h8,10,14-17,19-20,22-23,51H,3-7,9,11-13,18,21,24-50,54H2,1-2H3,(H,57,58)/b10-8-,16-14-,17-15-,20-19-,23-22-. The molecular weight excluding hydrogens is 810 g/mol. The van der Waals surface area contributed by atoms with Crippen molar-refractivity contribution in [3.8, 4) is 0 Å². The van der Waals surface area contributed by atoms with Crippen LogP contribution in [0.3, 0.4) is 0 Å². The van der Waals surface area contributed by atoms with E-state index in [1.807, 2.05) is 0 Å². The van der Waals surface area contributed by atoms with Gasteiger partial charge in [0.2, 0.25) is 0 Å². The van der Waals surface area contributed by atoms with Gasteiger partial charge in [-0.1, -0.05) is 203 Å². The highest BCUT2D eigenvalue weighted by Crippen LogP contribution is 2.43. The maximum Gasteiger partial charge on any atom is 0.472 e. The Morgan fingerprint density at radius 2 is 0.857 bits per heavy atom. The molecule has 0 radical (unpaired) electrons. The van der Waals surface area contributed by atoms with E-state index in [2.05, 4.69) is 74.6 Å². The molecule has 3 N–H and O–H groups in total. The fourth-order valence-corrected chi connectivity index (χ4v) is 7.80. The Labute approximate surface area is 387 Å². The smallest absolute Gasteiger partial charge is 0.462 e. The SMILES string of the molecule is CCC/C=C\C/C=C\CCCCCCCC(=O)OCC(COP(=O)(O)OCCN)OC(=O)CCCCCCCCCCCCCCCC/C=C\C/C=C\C/C=C\CCCCCCC. The number of nitrogens with two attached hydrogens (primary N) is 1. The average molecular weight is 906 g/mol. The van der Waals surface area contributed by atoms with Crippen molar-refractivity contribution in [2.75, 3.05) is 26.4 Å². The van der Waals surface area contributed by atoms with Crippen LogP contribution in [0.4, 0.5) is 0 Å². The molecule has 2 atom stereocenters. The number of esters is 2. The summed E-state index contributed by atoms with van der Waals surface area (Å²) in [6.07, 6.45) is 59.8. The predicted octanol–water partition coefficient (Wildman–Crippen LogP) is 15.6. The quantitative estimate of drug-likeness (QED) is 0.0265. The second-order valence-electron chi connectivity index (χ2n) is 17.0. The summed E-state index contributed by atoms with van der Waals surface area (Å²) in [5, 5.41) is 0. The molecule has 0 amide bonds. The Morgan fingerprint density at radius 3 is 1.29 bits per heavy atom. The topological polar surface area (TPSA) is 134 Å². The van der Waals surface area contributed by atoms with Crippen LogP contribution in [-0.4, -0.2) is 49.3 Å². The zero-order valence-corrected chi connectivity index (χ0v) is 41.4. The lowest BCUT2D eigenvalue weighted by Crippen LogP contribution is -2.29. The molecule has 0 saturated heterocycles. The minimum atomic E-state index is -4.39. The second kappa shape index (κ2) is 49.2. The van der Waals surface area contributed by atoms with Crippen molar-refractivity contribution in [3.05, 3.63) is 60.8 Å². The van der Waals surface area contributed by atoms with Crippen LogP contribution in [0.5, 0.6) is 0 Å². The third kappa shape index (κ3) is 49.0. The molecular formula is C53H96NO8P. The number of unbranched alkanes of at least 4 members (excludes halogenated alkanes) is 25. The van der Waals surface area contributed by atoms with Crippen LogP contribution in [0.25, 0.3) is 0 Å². The van der Waals surface area contributed by atoms with Crippen molar-refractivity contribution < 1.29 is 37.6 Å². The van der Waals surface area contributed by atoms with Gasteiger partial charge in [-0.2, -0.15) is 0 Å². The van der Waals surface area contributed by atoms with E-state index in [4.69, 9.17) is 24.3 Å². The summed E-state index contributed by atoms with van der Waals surface area (Å²) in [5.74, 6) is -0.844. The number of phosphoric acid groups is 1. The number of carbonyl (C=O) groups is 2. The van der Waals surface area contributed by atoms with Gasteiger partial charge in [0.05, 0.1) is 13.2 Å². The van der Waals surface area contributed by atoms with Crippen molar-refractivity contribution in [1.29, 1.82) is 0 Å². The van der Waals surface area contributed by atoms with Crippen LogP contribution < -0.4 is 5.73 Å². The number of rotatable bonds is 48. The predicted molar refractivity (Wildman–Crippen MR) is 266 cm³/mol. The monoisotopic (exact) mass is 906 g/mol. The highest BCUT2D eigenvalue weighted by molar-refractivity contribution is 7.47. The van der Waals surface area contributed by atoms with Crippen LogP contribution in [0.1, 0.15) is 232 Å². The average Bonchev–Trinajstić information content (AvgIpc) is 3.27. The number of allylic oxidation sites excluding steroid dienone is 10. The summed E-state index contributed by atoms with van der Waals surface area (Å²) in [5.41, 5.74) is 5.36. The molecule has 0 rings (SSSR count). The second-order valence-corrected chi connectivity index (χ2v) is 18.5. The summed E-state index contributed by atoms with van der Waals surface area (Å²) in [6.45, 7) is 3.65. The van der Waals surface area contributed by atoms with E-state index in [0.717, 1.165) is 77.0 Å². The summed E-state index contributed by atoms with van der Waals surface area (Å²) in [7, 11) is -4.39. The first-order chi connectivity index (χ1) is 30.8. The molecule has 0 spiro atoms. The van der Waals surface area contributed by atoms with Crippen molar-refractivity contribution >= 4 is 19.8 Å². The van der Waals surface area contributed by atoms with Gasteiger partial charge < -0.3 is 20.1 Å². The number of carbonyl (C=O) groups excluding carboxylic acids is 2. The highest BCUT2D eigenvalue weighted by Gasteiger charge is 2.26. The minimum Gasteiger partial charge on any atom is -0.462 e.